The number of amides is 1. The van der Waals surface area contributed by atoms with Gasteiger partial charge in [0.15, 0.2) is 0 Å². The second-order valence-electron chi connectivity index (χ2n) is 7.40. The minimum atomic E-state index is 0.153. The van der Waals surface area contributed by atoms with Crippen molar-refractivity contribution in [1.82, 2.24) is 20.6 Å². The van der Waals surface area contributed by atoms with Crippen molar-refractivity contribution in [1.29, 1.82) is 0 Å². The van der Waals surface area contributed by atoms with Crippen LogP contribution >= 0.6 is 0 Å². The van der Waals surface area contributed by atoms with Crippen molar-refractivity contribution in [3.63, 3.8) is 0 Å². The number of hydrogen-bond acceptors (Lipinski definition) is 3. The summed E-state index contributed by atoms with van der Waals surface area (Å²) in [5, 5.41) is 6.41. The number of carbonyl (C=O) groups excluding carboxylic acids is 1. The Morgan fingerprint density at radius 1 is 1.08 bits per heavy atom. The second kappa shape index (κ2) is 15.9. The summed E-state index contributed by atoms with van der Waals surface area (Å²) in [6.45, 7) is 5.96. The Bertz CT molecular complexity index is 433. The lowest BCUT2D eigenvalue weighted by molar-refractivity contribution is -0.121. The fourth-order valence-electron chi connectivity index (χ4n) is 3.15. The SMILES string of the molecule is CCCCCCCCCCCC(C)NC(=O)CCNCCc1c[nH]cn1. The number of nitrogens with zero attached hydrogens (tertiary/aromatic N) is 1. The number of rotatable bonds is 17. The molecule has 1 amide bonds. The van der Waals surface area contributed by atoms with Gasteiger partial charge in [-0.15, -0.1) is 0 Å². The van der Waals surface area contributed by atoms with Gasteiger partial charge in [0.05, 0.1) is 12.0 Å². The molecule has 0 aliphatic heterocycles. The number of imidazole rings is 1. The summed E-state index contributed by atoms with van der Waals surface area (Å²) in [7, 11) is 0. The summed E-state index contributed by atoms with van der Waals surface area (Å²) in [6.07, 6.45) is 18.2. The molecular formula is C21H40N4O. The molecule has 150 valence electrons. The van der Waals surface area contributed by atoms with E-state index in [0.29, 0.717) is 6.42 Å². The van der Waals surface area contributed by atoms with E-state index in [1.165, 1.54) is 57.8 Å². The fourth-order valence-corrected chi connectivity index (χ4v) is 3.15. The molecule has 5 nitrogen and oxygen atoms in total. The highest BCUT2D eigenvalue weighted by Crippen LogP contribution is 2.11. The lowest BCUT2D eigenvalue weighted by atomic mass is 10.0. The van der Waals surface area contributed by atoms with Crippen molar-refractivity contribution < 1.29 is 4.79 Å². The average molecular weight is 365 g/mol. The number of hydrogen-bond donors (Lipinski definition) is 3. The molecule has 0 spiro atoms. The molecule has 0 radical (unpaired) electrons. The monoisotopic (exact) mass is 364 g/mol. The van der Waals surface area contributed by atoms with Crippen LogP contribution in [0.5, 0.6) is 0 Å². The minimum absolute atomic E-state index is 0.153. The van der Waals surface area contributed by atoms with Gasteiger partial charge in [0, 0.05) is 38.2 Å². The number of unbranched alkanes of at least 4 members (excludes halogenated alkanes) is 8. The number of aromatic amines is 1. The van der Waals surface area contributed by atoms with Crippen molar-refractivity contribution in [2.45, 2.75) is 96.9 Å². The first-order chi connectivity index (χ1) is 12.7. The Morgan fingerprint density at radius 3 is 2.42 bits per heavy atom. The topological polar surface area (TPSA) is 69.8 Å². The van der Waals surface area contributed by atoms with E-state index in [9.17, 15) is 4.79 Å². The lowest BCUT2D eigenvalue weighted by Crippen LogP contribution is -2.34. The van der Waals surface area contributed by atoms with Crippen LogP contribution < -0.4 is 10.6 Å². The maximum absolute atomic E-state index is 11.9. The number of H-pyrrole nitrogens is 1. The average Bonchev–Trinajstić information content (AvgIpc) is 3.13. The van der Waals surface area contributed by atoms with E-state index in [4.69, 9.17) is 0 Å². The van der Waals surface area contributed by atoms with Crippen LogP contribution in [0.1, 0.15) is 90.2 Å². The van der Waals surface area contributed by atoms with E-state index >= 15 is 0 Å². The highest BCUT2D eigenvalue weighted by atomic mass is 16.1. The predicted octanol–water partition coefficient (Wildman–Crippen LogP) is 4.36. The molecule has 3 N–H and O–H groups in total. The van der Waals surface area contributed by atoms with Crippen LogP contribution in [0, 0.1) is 0 Å². The molecule has 1 atom stereocenters. The van der Waals surface area contributed by atoms with Gasteiger partial charge in [-0.2, -0.15) is 0 Å². The summed E-state index contributed by atoms with van der Waals surface area (Å²) < 4.78 is 0. The molecule has 0 saturated heterocycles. The van der Waals surface area contributed by atoms with Crippen LogP contribution in [0.3, 0.4) is 0 Å². The van der Waals surface area contributed by atoms with E-state index < -0.39 is 0 Å². The Hall–Kier alpha value is -1.36. The molecule has 0 bridgehead atoms. The maximum Gasteiger partial charge on any atom is 0.221 e. The van der Waals surface area contributed by atoms with Crippen LogP contribution in [0.25, 0.3) is 0 Å². The van der Waals surface area contributed by atoms with Crippen molar-refractivity contribution in [3.8, 4) is 0 Å². The van der Waals surface area contributed by atoms with Crippen LogP contribution in [-0.4, -0.2) is 35.0 Å². The van der Waals surface area contributed by atoms with Crippen LogP contribution in [0.4, 0.5) is 0 Å². The van der Waals surface area contributed by atoms with Gasteiger partial charge < -0.3 is 15.6 Å². The summed E-state index contributed by atoms with van der Waals surface area (Å²) >= 11 is 0. The van der Waals surface area contributed by atoms with Gasteiger partial charge in [-0.25, -0.2) is 4.98 Å². The first kappa shape index (κ1) is 22.7. The fraction of sp³-hybridized carbons (Fsp3) is 0.810. The zero-order chi connectivity index (χ0) is 18.9. The van der Waals surface area contributed by atoms with E-state index in [1.54, 1.807) is 6.33 Å². The summed E-state index contributed by atoms with van der Waals surface area (Å²) in [5.74, 6) is 0.153. The molecule has 0 aromatic carbocycles. The molecule has 5 heteroatoms. The third-order valence-electron chi connectivity index (χ3n) is 4.79. The normalized spacial score (nSPS) is 12.2. The standard InChI is InChI=1S/C21H40N4O/c1-3-4-5-6-7-8-9-10-11-12-19(2)25-21(26)14-16-22-15-13-20-17-23-18-24-20/h17-19,22H,3-16H2,1-2H3,(H,23,24)(H,25,26). The Morgan fingerprint density at radius 2 is 1.77 bits per heavy atom. The predicted molar refractivity (Wildman–Crippen MR) is 109 cm³/mol. The van der Waals surface area contributed by atoms with E-state index in [0.717, 1.165) is 31.6 Å². The number of aromatic nitrogens is 2. The van der Waals surface area contributed by atoms with Gasteiger partial charge in [-0.1, -0.05) is 64.7 Å². The molecule has 1 heterocycles. The van der Waals surface area contributed by atoms with Crippen molar-refractivity contribution in [2.24, 2.45) is 0 Å². The van der Waals surface area contributed by atoms with Crippen LogP contribution in [0.2, 0.25) is 0 Å². The molecule has 1 unspecified atom stereocenters. The lowest BCUT2D eigenvalue weighted by Gasteiger charge is -2.14. The van der Waals surface area contributed by atoms with Crippen LogP contribution in [-0.2, 0) is 11.2 Å². The van der Waals surface area contributed by atoms with Crippen LogP contribution in [0.15, 0.2) is 12.5 Å². The summed E-state index contributed by atoms with van der Waals surface area (Å²) in [5.41, 5.74) is 1.05. The molecule has 26 heavy (non-hydrogen) atoms. The largest absolute Gasteiger partial charge is 0.354 e. The molecule has 0 aliphatic carbocycles. The summed E-state index contributed by atoms with van der Waals surface area (Å²) in [4.78, 5) is 19.1. The first-order valence-electron chi connectivity index (χ1n) is 10.7. The van der Waals surface area contributed by atoms with Gasteiger partial charge >= 0.3 is 0 Å². The Kier molecular flexibility index (Phi) is 13.8. The molecule has 0 aliphatic rings. The summed E-state index contributed by atoms with van der Waals surface area (Å²) in [6, 6.07) is 0.288. The van der Waals surface area contributed by atoms with E-state index in [-0.39, 0.29) is 11.9 Å². The third-order valence-corrected chi connectivity index (χ3v) is 4.79. The third kappa shape index (κ3) is 12.9. The number of nitrogens with one attached hydrogen (secondary N) is 3. The van der Waals surface area contributed by atoms with Crippen molar-refractivity contribution >= 4 is 5.91 Å². The highest BCUT2D eigenvalue weighted by molar-refractivity contribution is 5.76. The van der Waals surface area contributed by atoms with Crippen molar-refractivity contribution in [3.05, 3.63) is 18.2 Å². The molecule has 1 rings (SSSR count). The zero-order valence-electron chi connectivity index (χ0n) is 17.0. The Labute approximate surface area is 160 Å². The van der Waals surface area contributed by atoms with Gasteiger partial charge in [0.25, 0.3) is 0 Å². The quantitative estimate of drug-likeness (QED) is 0.360. The highest BCUT2D eigenvalue weighted by Gasteiger charge is 2.06. The molecule has 1 aromatic heterocycles. The smallest absolute Gasteiger partial charge is 0.221 e. The molecular weight excluding hydrogens is 324 g/mol. The zero-order valence-corrected chi connectivity index (χ0v) is 17.0. The first-order valence-corrected chi connectivity index (χ1v) is 10.7. The molecule has 1 aromatic rings. The minimum Gasteiger partial charge on any atom is -0.354 e. The van der Waals surface area contributed by atoms with E-state index in [1.807, 2.05) is 6.20 Å². The van der Waals surface area contributed by atoms with Crippen molar-refractivity contribution in [2.75, 3.05) is 13.1 Å². The maximum atomic E-state index is 11.9. The van der Waals surface area contributed by atoms with E-state index in [2.05, 4.69) is 34.4 Å². The molecule has 0 fully saturated rings. The molecule has 0 saturated carbocycles. The Balaban J connectivity index is 1.86. The van der Waals surface area contributed by atoms with Gasteiger partial charge in [0.1, 0.15) is 0 Å². The van der Waals surface area contributed by atoms with Gasteiger partial charge in [-0.05, 0) is 13.3 Å². The number of carbonyl (C=O) groups is 1. The van der Waals surface area contributed by atoms with Gasteiger partial charge in [0.2, 0.25) is 5.91 Å². The van der Waals surface area contributed by atoms with Gasteiger partial charge in [-0.3, -0.25) is 4.79 Å². The second-order valence-corrected chi connectivity index (χ2v) is 7.40.